The van der Waals surface area contributed by atoms with Gasteiger partial charge in [-0.3, -0.25) is 15.1 Å². The second kappa shape index (κ2) is 7.07. The zero-order valence-corrected chi connectivity index (χ0v) is 14.8. The molecule has 6 N–H and O–H groups in total. The molecular formula is C18H18ClN5O2. The van der Waals surface area contributed by atoms with E-state index in [4.69, 9.17) is 33.2 Å². The molecule has 0 aliphatic rings. The van der Waals surface area contributed by atoms with Crippen molar-refractivity contribution in [2.75, 3.05) is 7.05 Å². The number of hydrogen-bond acceptors (Lipinski definition) is 4. The number of aromatic amines is 1. The van der Waals surface area contributed by atoms with Crippen molar-refractivity contribution in [2.24, 2.45) is 11.5 Å². The van der Waals surface area contributed by atoms with Gasteiger partial charge in [0.15, 0.2) is 5.96 Å². The van der Waals surface area contributed by atoms with Crippen LogP contribution in [0.4, 0.5) is 0 Å². The summed E-state index contributed by atoms with van der Waals surface area (Å²) in [5.74, 6) is 0.395. The van der Waals surface area contributed by atoms with Gasteiger partial charge in [-0.25, -0.2) is 0 Å². The van der Waals surface area contributed by atoms with Crippen molar-refractivity contribution in [1.82, 2.24) is 9.88 Å². The maximum absolute atomic E-state index is 12.3. The summed E-state index contributed by atoms with van der Waals surface area (Å²) in [5.41, 5.74) is 12.9. The number of nitrogens with one attached hydrogen (secondary N) is 2. The van der Waals surface area contributed by atoms with Crippen LogP contribution in [0.2, 0.25) is 5.02 Å². The van der Waals surface area contributed by atoms with Crippen LogP contribution >= 0.6 is 11.6 Å². The number of H-pyrrole nitrogens is 1. The van der Waals surface area contributed by atoms with Crippen molar-refractivity contribution in [1.29, 1.82) is 5.41 Å². The summed E-state index contributed by atoms with van der Waals surface area (Å²) in [6, 6.07) is 12.5. The highest BCUT2D eigenvalue weighted by Crippen LogP contribution is 2.32. The van der Waals surface area contributed by atoms with Crippen molar-refractivity contribution < 1.29 is 9.53 Å². The van der Waals surface area contributed by atoms with E-state index in [2.05, 4.69) is 4.98 Å². The molecule has 26 heavy (non-hydrogen) atoms. The highest BCUT2D eigenvalue weighted by Gasteiger charge is 2.18. The molecule has 1 amide bonds. The van der Waals surface area contributed by atoms with Gasteiger partial charge in [0.2, 0.25) is 0 Å². The molecule has 1 heterocycles. The van der Waals surface area contributed by atoms with Crippen LogP contribution in [-0.2, 0) is 6.54 Å². The predicted octanol–water partition coefficient (Wildman–Crippen LogP) is 3.04. The van der Waals surface area contributed by atoms with Crippen LogP contribution in [-0.4, -0.2) is 28.8 Å². The number of carbonyl (C=O) groups excluding carboxylic acids is 1. The van der Waals surface area contributed by atoms with Crippen LogP contribution in [0.15, 0.2) is 42.5 Å². The van der Waals surface area contributed by atoms with E-state index in [1.807, 2.05) is 24.3 Å². The number of rotatable bonds is 4. The van der Waals surface area contributed by atoms with Gasteiger partial charge < -0.3 is 21.2 Å². The van der Waals surface area contributed by atoms with E-state index < -0.39 is 5.91 Å². The lowest BCUT2D eigenvalue weighted by Gasteiger charge is -2.12. The summed E-state index contributed by atoms with van der Waals surface area (Å²) in [4.78, 5) is 16.3. The zero-order chi connectivity index (χ0) is 18.8. The summed E-state index contributed by atoms with van der Waals surface area (Å²) < 4.78 is 5.86. The summed E-state index contributed by atoms with van der Waals surface area (Å²) in [6.07, 6.45) is 0. The summed E-state index contributed by atoms with van der Waals surface area (Å²) >= 11 is 6.34. The van der Waals surface area contributed by atoms with E-state index in [0.717, 1.165) is 10.5 Å². The molecule has 0 saturated heterocycles. The highest BCUT2D eigenvalue weighted by atomic mass is 35.5. The molecule has 0 spiro atoms. The third-order valence-corrected chi connectivity index (χ3v) is 4.24. The summed E-state index contributed by atoms with van der Waals surface area (Å²) in [5, 5.41) is 8.48. The number of aromatic nitrogens is 1. The normalized spacial score (nSPS) is 10.7. The van der Waals surface area contributed by atoms with E-state index in [-0.39, 0.29) is 11.7 Å². The number of benzene rings is 2. The van der Waals surface area contributed by atoms with E-state index in [9.17, 15) is 4.79 Å². The van der Waals surface area contributed by atoms with E-state index in [1.54, 1.807) is 18.2 Å². The van der Waals surface area contributed by atoms with Gasteiger partial charge >= 0.3 is 0 Å². The van der Waals surface area contributed by atoms with Gasteiger partial charge in [0.25, 0.3) is 5.91 Å². The minimum absolute atomic E-state index is 0.280. The van der Waals surface area contributed by atoms with Crippen molar-refractivity contribution in [3.63, 3.8) is 0 Å². The fourth-order valence-electron chi connectivity index (χ4n) is 2.50. The number of carbonyl (C=O) groups is 1. The molecule has 3 aromatic rings. The number of amides is 1. The van der Waals surface area contributed by atoms with Gasteiger partial charge in [-0.2, -0.15) is 0 Å². The number of fused-ring (bicyclic) bond motifs is 1. The van der Waals surface area contributed by atoms with Crippen LogP contribution in [0.5, 0.6) is 11.5 Å². The number of nitrogens with zero attached hydrogens (tertiary/aromatic N) is 1. The molecule has 2 aromatic carbocycles. The zero-order valence-electron chi connectivity index (χ0n) is 14.0. The average Bonchev–Trinajstić information content (AvgIpc) is 3.05. The third kappa shape index (κ3) is 3.49. The Hall–Kier alpha value is -3.03. The number of guanidine groups is 1. The molecule has 0 fully saturated rings. The van der Waals surface area contributed by atoms with Crippen molar-refractivity contribution in [3.05, 3.63) is 58.7 Å². The Bertz CT molecular complexity index is 998. The second-order valence-corrected chi connectivity index (χ2v) is 6.16. The first kappa shape index (κ1) is 17.8. The fourth-order valence-corrected chi connectivity index (χ4v) is 2.77. The summed E-state index contributed by atoms with van der Waals surface area (Å²) in [6.45, 7) is 0.419. The highest BCUT2D eigenvalue weighted by molar-refractivity contribution is 6.35. The molecule has 8 heteroatoms. The average molecular weight is 372 g/mol. The Kier molecular flexibility index (Phi) is 4.83. The second-order valence-electron chi connectivity index (χ2n) is 5.75. The molecule has 1 aromatic heterocycles. The molecule has 7 nitrogen and oxygen atoms in total. The Morgan fingerprint density at radius 2 is 2.04 bits per heavy atom. The lowest BCUT2D eigenvalue weighted by atomic mass is 10.2. The van der Waals surface area contributed by atoms with Crippen molar-refractivity contribution in [2.45, 2.75) is 6.54 Å². The summed E-state index contributed by atoms with van der Waals surface area (Å²) in [7, 11) is 1.43. The van der Waals surface area contributed by atoms with Gasteiger partial charge in [0.05, 0.1) is 10.5 Å². The monoisotopic (exact) mass is 371 g/mol. The first-order chi connectivity index (χ1) is 12.4. The quantitative estimate of drug-likeness (QED) is 0.416. The van der Waals surface area contributed by atoms with Crippen LogP contribution in [0, 0.1) is 5.41 Å². The molecule has 134 valence electrons. The molecular weight excluding hydrogens is 354 g/mol. The van der Waals surface area contributed by atoms with Crippen molar-refractivity contribution >= 4 is 34.4 Å². The molecule has 0 radical (unpaired) electrons. The largest absolute Gasteiger partial charge is 0.457 e. The smallest absolute Gasteiger partial charge is 0.276 e. The maximum atomic E-state index is 12.3. The number of hydrogen-bond donors (Lipinski definition) is 4. The van der Waals surface area contributed by atoms with Gasteiger partial charge in [-0.1, -0.05) is 23.7 Å². The van der Waals surface area contributed by atoms with Crippen LogP contribution in [0.1, 0.15) is 16.1 Å². The van der Waals surface area contributed by atoms with E-state index in [0.29, 0.717) is 34.0 Å². The standard InChI is InChI=1S/C18H18ClN5O2/c1-24(18(21)22)17(25)16-8-13-14(19)6-12(7-15(13)23-16)26-11-4-2-3-10(5-11)9-20/h2-8,23H,9,20H2,1H3,(H3,21,22). The molecule has 0 bridgehead atoms. The van der Waals surface area contributed by atoms with Crippen LogP contribution in [0.25, 0.3) is 10.9 Å². The molecule has 0 saturated carbocycles. The van der Waals surface area contributed by atoms with E-state index in [1.165, 1.54) is 7.05 Å². The first-order valence-corrected chi connectivity index (χ1v) is 8.18. The molecule has 0 unspecified atom stereocenters. The number of halogens is 1. The van der Waals surface area contributed by atoms with Crippen LogP contribution < -0.4 is 16.2 Å². The molecule has 3 rings (SSSR count). The van der Waals surface area contributed by atoms with E-state index >= 15 is 0 Å². The maximum Gasteiger partial charge on any atom is 0.276 e. The predicted molar refractivity (Wildman–Crippen MR) is 102 cm³/mol. The Morgan fingerprint density at radius 3 is 2.73 bits per heavy atom. The fraction of sp³-hybridized carbons (Fsp3) is 0.111. The van der Waals surface area contributed by atoms with Gasteiger partial charge in [-0.15, -0.1) is 0 Å². The van der Waals surface area contributed by atoms with Crippen LogP contribution in [0.3, 0.4) is 0 Å². The van der Waals surface area contributed by atoms with Crippen molar-refractivity contribution in [3.8, 4) is 11.5 Å². The van der Waals surface area contributed by atoms with Gasteiger partial charge in [0, 0.05) is 31.1 Å². The Labute approximate surface area is 155 Å². The molecule has 0 aliphatic heterocycles. The van der Waals surface area contributed by atoms with Gasteiger partial charge in [0.1, 0.15) is 17.2 Å². The Balaban J connectivity index is 1.94. The third-order valence-electron chi connectivity index (χ3n) is 3.93. The topological polar surface area (TPSA) is 121 Å². The minimum atomic E-state index is -0.428. The lowest BCUT2D eigenvalue weighted by Crippen LogP contribution is -2.38. The number of ether oxygens (including phenoxy) is 1. The van der Waals surface area contributed by atoms with Gasteiger partial charge in [-0.05, 0) is 23.8 Å². The molecule has 0 atom stereocenters. The SMILES string of the molecule is CN(C(=N)N)C(=O)c1cc2c(Cl)cc(Oc3cccc(CN)c3)cc2[nH]1. The number of nitrogens with two attached hydrogens (primary N) is 2. The Morgan fingerprint density at radius 1 is 1.27 bits per heavy atom. The lowest BCUT2D eigenvalue weighted by molar-refractivity contribution is 0.0864. The molecule has 0 aliphatic carbocycles. The minimum Gasteiger partial charge on any atom is -0.457 e. The first-order valence-electron chi connectivity index (χ1n) is 7.80.